The van der Waals surface area contributed by atoms with E-state index in [2.05, 4.69) is 10.3 Å². The van der Waals surface area contributed by atoms with Gasteiger partial charge >= 0.3 is 0 Å². The van der Waals surface area contributed by atoms with Gasteiger partial charge in [0.25, 0.3) is 22.8 Å². The molecule has 3 amide bonds. The van der Waals surface area contributed by atoms with Gasteiger partial charge in [-0.05, 0) is 48.5 Å². The van der Waals surface area contributed by atoms with Crippen LogP contribution in [0.25, 0.3) is 17.0 Å². The molecule has 0 unspecified atom stereocenters. The van der Waals surface area contributed by atoms with E-state index >= 15 is 0 Å². The summed E-state index contributed by atoms with van der Waals surface area (Å²) in [5.74, 6) is -1.90. The predicted molar refractivity (Wildman–Crippen MR) is 125 cm³/mol. The molecule has 0 radical (unpaired) electrons. The van der Waals surface area contributed by atoms with Crippen LogP contribution >= 0.6 is 23.4 Å². The number of hydrogen-bond acceptors (Lipinski definition) is 5. The summed E-state index contributed by atoms with van der Waals surface area (Å²) >= 11 is 6.69. The zero-order chi connectivity index (χ0) is 22.8. The average Bonchev–Trinajstić information content (AvgIpc) is 3.24. The number of rotatable bonds is 6. The standard InChI is InChI=1S/C23H18ClN3O4S/c1-13-19(16-4-2-3-5-17(16)26-13)20(28)21(29)25-10-11-27-22(30)18(32-23(27)31)12-14-6-8-15(24)9-7-14/h2-9,12,26H,10-11H2,1H3,(H,25,29)/b18-12-. The molecule has 32 heavy (non-hydrogen) atoms. The molecule has 4 rings (SSSR count). The van der Waals surface area contributed by atoms with E-state index in [0.29, 0.717) is 21.7 Å². The molecule has 2 heterocycles. The van der Waals surface area contributed by atoms with Gasteiger partial charge in [0.05, 0.1) is 10.5 Å². The second-order valence-corrected chi connectivity index (χ2v) is 8.57. The zero-order valence-corrected chi connectivity index (χ0v) is 18.5. The van der Waals surface area contributed by atoms with Gasteiger partial charge < -0.3 is 10.3 Å². The number of para-hydroxylation sites is 1. The van der Waals surface area contributed by atoms with Crippen molar-refractivity contribution in [3.05, 3.63) is 75.3 Å². The number of nitrogens with one attached hydrogen (secondary N) is 2. The molecular weight excluding hydrogens is 450 g/mol. The van der Waals surface area contributed by atoms with Gasteiger partial charge in [0.15, 0.2) is 0 Å². The first-order chi connectivity index (χ1) is 15.3. The van der Waals surface area contributed by atoms with Crippen molar-refractivity contribution in [3.63, 3.8) is 0 Å². The van der Waals surface area contributed by atoms with Crippen molar-refractivity contribution in [2.75, 3.05) is 13.1 Å². The number of imide groups is 1. The number of H-pyrrole nitrogens is 1. The van der Waals surface area contributed by atoms with Crippen molar-refractivity contribution >= 4 is 63.2 Å². The van der Waals surface area contributed by atoms with Crippen LogP contribution in [0.1, 0.15) is 21.6 Å². The predicted octanol–water partition coefficient (Wildman–Crippen LogP) is 4.17. The lowest BCUT2D eigenvalue weighted by Crippen LogP contribution is -2.39. The fourth-order valence-electron chi connectivity index (χ4n) is 3.45. The quantitative estimate of drug-likeness (QED) is 0.322. The Bertz CT molecular complexity index is 1280. The third-order valence-corrected chi connectivity index (χ3v) is 6.15. The number of nitrogens with zero attached hydrogens (tertiary/aromatic N) is 1. The third kappa shape index (κ3) is 4.32. The molecule has 162 valence electrons. The minimum Gasteiger partial charge on any atom is -0.358 e. The van der Waals surface area contributed by atoms with Crippen LogP contribution in [-0.4, -0.2) is 45.8 Å². The summed E-state index contributed by atoms with van der Waals surface area (Å²) in [6.45, 7) is 1.67. The number of fused-ring (bicyclic) bond motifs is 1. The number of ketones is 1. The Morgan fingerprint density at radius 1 is 1.12 bits per heavy atom. The molecular formula is C23H18ClN3O4S. The highest BCUT2D eigenvalue weighted by atomic mass is 35.5. The SMILES string of the molecule is Cc1[nH]c2ccccc2c1C(=O)C(=O)NCCN1C(=O)S/C(=C\c2ccc(Cl)cc2)C1=O. The third-order valence-electron chi connectivity index (χ3n) is 4.99. The van der Waals surface area contributed by atoms with Crippen LogP contribution in [0.4, 0.5) is 4.79 Å². The molecule has 0 spiro atoms. The molecule has 1 aliphatic heterocycles. The van der Waals surface area contributed by atoms with Crippen LogP contribution < -0.4 is 5.32 Å². The van der Waals surface area contributed by atoms with E-state index in [1.165, 1.54) is 0 Å². The highest BCUT2D eigenvalue weighted by molar-refractivity contribution is 8.18. The summed E-state index contributed by atoms with van der Waals surface area (Å²) < 4.78 is 0. The summed E-state index contributed by atoms with van der Waals surface area (Å²) in [5, 5.41) is 3.32. The van der Waals surface area contributed by atoms with Crippen molar-refractivity contribution in [2.24, 2.45) is 0 Å². The molecule has 2 N–H and O–H groups in total. The van der Waals surface area contributed by atoms with Gasteiger partial charge in [0, 0.05) is 34.7 Å². The number of amides is 3. The maximum absolute atomic E-state index is 12.7. The van der Waals surface area contributed by atoms with E-state index < -0.39 is 22.8 Å². The minimum atomic E-state index is -0.790. The Morgan fingerprint density at radius 2 is 1.84 bits per heavy atom. The summed E-state index contributed by atoms with van der Waals surface area (Å²) in [6.07, 6.45) is 1.61. The van der Waals surface area contributed by atoms with Gasteiger partial charge in [-0.25, -0.2) is 0 Å². The monoisotopic (exact) mass is 467 g/mol. The Balaban J connectivity index is 1.38. The summed E-state index contributed by atoms with van der Waals surface area (Å²) in [5.41, 5.74) is 2.43. The number of benzene rings is 2. The van der Waals surface area contributed by atoms with Crippen LogP contribution in [0, 0.1) is 6.92 Å². The topological polar surface area (TPSA) is 99.3 Å². The second kappa shape index (κ2) is 9.02. The molecule has 2 aromatic carbocycles. The Kier molecular flexibility index (Phi) is 6.16. The van der Waals surface area contributed by atoms with Crippen LogP contribution in [0.5, 0.6) is 0 Å². The first-order valence-corrected chi connectivity index (χ1v) is 11.0. The average molecular weight is 468 g/mol. The van der Waals surface area contributed by atoms with E-state index in [0.717, 1.165) is 27.7 Å². The largest absolute Gasteiger partial charge is 0.358 e. The number of Topliss-reactive ketones (excluding diaryl/α,β-unsaturated/α-hetero) is 1. The van der Waals surface area contributed by atoms with Gasteiger partial charge in [-0.1, -0.05) is 41.9 Å². The fourth-order valence-corrected chi connectivity index (χ4v) is 4.44. The molecule has 3 aromatic rings. The first kappa shape index (κ1) is 21.9. The minimum absolute atomic E-state index is 0.0295. The maximum atomic E-state index is 12.7. The number of aromatic amines is 1. The van der Waals surface area contributed by atoms with Crippen molar-refractivity contribution in [1.82, 2.24) is 15.2 Å². The smallest absolute Gasteiger partial charge is 0.293 e. The molecule has 1 aromatic heterocycles. The Labute approximate surface area is 192 Å². The number of halogens is 1. The van der Waals surface area contributed by atoms with E-state index in [9.17, 15) is 19.2 Å². The van der Waals surface area contributed by atoms with Gasteiger partial charge in [-0.15, -0.1) is 0 Å². The number of aromatic nitrogens is 1. The van der Waals surface area contributed by atoms with Crippen LogP contribution in [0.15, 0.2) is 53.4 Å². The van der Waals surface area contributed by atoms with E-state index in [1.54, 1.807) is 49.4 Å². The number of hydrogen-bond donors (Lipinski definition) is 2. The van der Waals surface area contributed by atoms with E-state index in [-0.39, 0.29) is 18.0 Å². The molecule has 0 aliphatic carbocycles. The summed E-state index contributed by atoms with van der Waals surface area (Å²) in [7, 11) is 0. The van der Waals surface area contributed by atoms with Crippen molar-refractivity contribution < 1.29 is 19.2 Å². The van der Waals surface area contributed by atoms with Gasteiger partial charge in [0.2, 0.25) is 0 Å². The number of carbonyl (C=O) groups is 4. The Hall–Kier alpha value is -3.36. The normalized spacial score (nSPS) is 15.1. The Morgan fingerprint density at radius 3 is 2.59 bits per heavy atom. The van der Waals surface area contributed by atoms with Crippen LogP contribution in [-0.2, 0) is 9.59 Å². The number of aryl methyl sites for hydroxylation is 1. The summed E-state index contributed by atoms with van der Waals surface area (Å²) in [6, 6.07) is 14.1. The number of thioether (sulfide) groups is 1. The molecule has 1 saturated heterocycles. The van der Waals surface area contributed by atoms with Gasteiger partial charge in [-0.2, -0.15) is 0 Å². The van der Waals surface area contributed by atoms with Crippen molar-refractivity contribution in [1.29, 1.82) is 0 Å². The lowest BCUT2D eigenvalue weighted by Gasteiger charge is -2.12. The molecule has 0 atom stereocenters. The van der Waals surface area contributed by atoms with Crippen molar-refractivity contribution in [2.45, 2.75) is 6.92 Å². The van der Waals surface area contributed by atoms with Crippen LogP contribution in [0.2, 0.25) is 5.02 Å². The van der Waals surface area contributed by atoms with Crippen LogP contribution in [0.3, 0.4) is 0 Å². The number of carbonyl (C=O) groups excluding carboxylic acids is 4. The zero-order valence-electron chi connectivity index (χ0n) is 17.0. The molecule has 0 bridgehead atoms. The molecule has 1 fully saturated rings. The van der Waals surface area contributed by atoms with E-state index in [1.807, 2.05) is 12.1 Å². The molecule has 1 aliphatic rings. The highest BCUT2D eigenvalue weighted by Gasteiger charge is 2.34. The molecule has 9 heteroatoms. The van der Waals surface area contributed by atoms with Gasteiger partial charge in [0.1, 0.15) is 0 Å². The maximum Gasteiger partial charge on any atom is 0.293 e. The van der Waals surface area contributed by atoms with Crippen molar-refractivity contribution in [3.8, 4) is 0 Å². The lowest BCUT2D eigenvalue weighted by atomic mass is 10.1. The summed E-state index contributed by atoms with van der Waals surface area (Å²) in [4.78, 5) is 54.3. The second-order valence-electron chi connectivity index (χ2n) is 7.14. The highest BCUT2D eigenvalue weighted by Crippen LogP contribution is 2.32. The van der Waals surface area contributed by atoms with E-state index in [4.69, 9.17) is 11.6 Å². The fraction of sp³-hybridized carbons (Fsp3) is 0.130. The van der Waals surface area contributed by atoms with Gasteiger partial charge in [-0.3, -0.25) is 24.1 Å². The first-order valence-electron chi connectivity index (χ1n) is 9.76. The molecule has 0 saturated carbocycles. The lowest BCUT2D eigenvalue weighted by molar-refractivity contribution is -0.123. The molecule has 7 nitrogen and oxygen atoms in total.